The third-order valence-electron chi connectivity index (χ3n) is 6.62. The number of urea groups is 1. The SMILES string of the molecule is CCOC(=O)C1=C(CN2CCN(C(=O)c3ccccc3)C(C)C2)N(C)C(=O)NC1c1cccc(Cl)c1. The molecule has 2 aromatic rings. The summed E-state index contributed by atoms with van der Waals surface area (Å²) < 4.78 is 5.41. The van der Waals surface area contributed by atoms with Gasteiger partial charge in [0.15, 0.2) is 0 Å². The van der Waals surface area contributed by atoms with Crippen molar-refractivity contribution in [1.82, 2.24) is 20.0 Å². The van der Waals surface area contributed by atoms with Gasteiger partial charge in [0.05, 0.1) is 18.2 Å². The fraction of sp³-hybridized carbons (Fsp3) is 0.370. The van der Waals surface area contributed by atoms with Crippen LogP contribution in [-0.2, 0) is 9.53 Å². The zero-order chi connectivity index (χ0) is 25.8. The van der Waals surface area contributed by atoms with Gasteiger partial charge < -0.3 is 15.0 Å². The number of carbonyl (C=O) groups is 3. The van der Waals surface area contributed by atoms with Gasteiger partial charge in [0, 0.05) is 55.6 Å². The van der Waals surface area contributed by atoms with Gasteiger partial charge in [-0.1, -0.05) is 41.9 Å². The highest BCUT2D eigenvalue weighted by molar-refractivity contribution is 6.30. The quantitative estimate of drug-likeness (QED) is 0.599. The Morgan fingerprint density at radius 2 is 1.86 bits per heavy atom. The van der Waals surface area contributed by atoms with Crippen LogP contribution >= 0.6 is 11.6 Å². The van der Waals surface area contributed by atoms with E-state index < -0.39 is 12.0 Å². The third-order valence-corrected chi connectivity index (χ3v) is 6.86. The summed E-state index contributed by atoms with van der Waals surface area (Å²) >= 11 is 6.21. The van der Waals surface area contributed by atoms with Crippen LogP contribution in [0.25, 0.3) is 0 Å². The number of nitrogens with one attached hydrogen (secondary N) is 1. The highest BCUT2D eigenvalue weighted by Gasteiger charge is 2.38. The monoisotopic (exact) mass is 510 g/mol. The van der Waals surface area contributed by atoms with Crippen LogP contribution < -0.4 is 5.32 Å². The van der Waals surface area contributed by atoms with Crippen molar-refractivity contribution in [1.29, 1.82) is 0 Å². The van der Waals surface area contributed by atoms with Crippen molar-refractivity contribution in [3.05, 3.63) is 82.0 Å². The van der Waals surface area contributed by atoms with Crippen LogP contribution in [0.4, 0.5) is 4.79 Å². The summed E-state index contributed by atoms with van der Waals surface area (Å²) in [6.07, 6.45) is 0. The number of carbonyl (C=O) groups excluding carboxylic acids is 3. The van der Waals surface area contributed by atoms with E-state index in [-0.39, 0.29) is 24.6 Å². The maximum Gasteiger partial charge on any atom is 0.338 e. The first kappa shape index (κ1) is 25.7. The van der Waals surface area contributed by atoms with E-state index in [2.05, 4.69) is 10.2 Å². The predicted molar refractivity (Wildman–Crippen MR) is 138 cm³/mol. The Bertz CT molecular complexity index is 1170. The average Bonchev–Trinajstić information content (AvgIpc) is 2.87. The highest BCUT2D eigenvalue weighted by Crippen LogP contribution is 2.32. The summed E-state index contributed by atoms with van der Waals surface area (Å²) in [5, 5.41) is 3.43. The molecular formula is C27H31ClN4O4. The lowest BCUT2D eigenvalue weighted by molar-refractivity contribution is -0.139. The molecule has 8 nitrogen and oxygen atoms in total. The van der Waals surface area contributed by atoms with Crippen LogP contribution in [0.3, 0.4) is 0 Å². The molecule has 0 spiro atoms. The molecule has 0 aliphatic carbocycles. The Kier molecular flexibility index (Phi) is 7.96. The molecule has 2 aliphatic rings. The predicted octanol–water partition coefficient (Wildman–Crippen LogP) is 3.70. The van der Waals surface area contributed by atoms with E-state index in [1.54, 1.807) is 32.2 Å². The summed E-state index contributed by atoms with van der Waals surface area (Å²) in [7, 11) is 1.65. The summed E-state index contributed by atoms with van der Waals surface area (Å²) in [4.78, 5) is 44.6. The lowest BCUT2D eigenvalue weighted by atomic mass is 9.94. The van der Waals surface area contributed by atoms with Crippen molar-refractivity contribution >= 4 is 29.5 Å². The van der Waals surface area contributed by atoms with Gasteiger partial charge in [-0.15, -0.1) is 0 Å². The molecule has 190 valence electrons. The van der Waals surface area contributed by atoms with Gasteiger partial charge in [-0.05, 0) is 43.7 Å². The molecular weight excluding hydrogens is 480 g/mol. The van der Waals surface area contributed by atoms with Crippen molar-refractivity contribution in [3.8, 4) is 0 Å². The molecule has 3 amide bonds. The standard InChI is InChI=1S/C27H31ClN4O4/c1-4-36-26(34)23-22(30(3)27(35)29-24(23)20-11-8-12-21(28)15-20)17-31-13-14-32(18(2)16-31)25(33)19-9-6-5-7-10-19/h5-12,15,18,24H,4,13-14,16-17H2,1-3H3,(H,29,35). The lowest BCUT2D eigenvalue weighted by Gasteiger charge is -2.42. The Balaban J connectivity index is 1.61. The van der Waals surface area contributed by atoms with Crippen molar-refractivity contribution < 1.29 is 19.1 Å². The fourth-order valence-electron chi connectivity index (χ4n) is 4.77. The first-order valence-corrected chi connectivity index (χ1v) is 12.5. The molecule has 2 aliphatic heterocycles. The van der Waals surface area contributed by atoms with Gasteiger partial charge in [0.1, 0.15) is 0 Å². The molecule has 1 saturated heterocycles. The maximum absolute atomic E-state index is 13.2. The first-order valence-electron chi connectivity index (χ1n) is 12.1. The molecule has 2 atom stereocenters. The molecule has 4 rings (SSSR count). The van der Waals surface area contributed by atoms with Crippen LogP contribution in [0.15, 0.2) is 65.9 Å². The number of hydrogen-bond donors (Lipinski definition) is 1. The number of rotatable bonds is 6. The number of benzene rings is 2. The van der Waals surface area contributed by atoms with Crippen molar-refractivity contribution in [2.24, 2.45) is 0 Å². The van der Waals surface area contributed by atoms with E-state index in [0.29, 0.717) is 53.6 Å². The van der Waals surface area contributed by atoms with E-state index >= 15 is 0 Å². The van der Waals surface area contributed by atoms with Crippen molar-refractivity contribution in [3.63, 3.8) is 0 Å². The second kappa shape index (κ2) is 11.1. The number of nitrogens with zero attached hydrogens (tertiary/aromatic N) is 3. The molecule has 2 aromatic carbocycles. The number of ether oxygens (including phenoxy) is 1. The van der Waals surface area contributed by atoms with Gasteiger partial charge in [0.25, 0.3) is 5.91 Å². The minimum atomic E-state index is -0.681. The Morgan fingerprint density at radius 1 is 1.11 bits per heavy atom. The van der Waals surface area contributed by atoms with Crippen LogP contribution in [0, 0.1) is 0 Å². The normalized spacial score (nSPS) is 20.8. The summed E-state index contributed by atoms with van der Waals surface area (Å²) in [5.41, 5.74) is 2.34. The summed E-state index contributed by atoms with van der Waals surface area (Å²) in [6.45, 7) is 6.11. The zero-order valence-electron chi connectivity index (χ0n) is 20.7. The molecule has 0 bridgehead atoms. The Labute approximate surface area is 216 Å². The number of likely N-dealkylation sites (N-methyl/N-ethyl adjacent to an activating group) is 1. The average molecular weight is 511 g/mol. The summed E-state index contributed by atoms with van der Waals surface area (Å²) in [5.74, 6) is -0.473. The van der Waals surface area contributed by atoms with E-state index in [1.807, 2.05) is 48.2 Å². The largest absolute Gasteiger partial charge is 0.463 e. The first-order chi connectivity index (χ1) is 17.3. The van der Waals surface area contributed by atoms with Gasteiger partial charge in [-0.2, -0.15) is 0 Å². The maximum atomic E-state index is 13.2. The second-order valence-corrected chi connectivity index (χ2v) is 9.46. The Hall–Kier alpha value is -3.36. The lowest BCUT2D eigenvalue weighted by Crippen LogP contribution is -2.56. The van der Waals surface area contributed by atoms with Crippen LogP contribution in [0.5, 0.6) is 0 Å². The van der Waals surface area contributed by atoms with Crippen LogP contribution in [-0.4, -0.2) is 78.5 Å². The fourth-order valence-corrected chi connectivity index (χ4v) is 4.97. The zero-order valence-corrected chi connectivity index (χ0v) is 21.5. The topological polar surface area (TPSA) is 82.2 Å². The molecule has 36 heavy (non-hydrogen) atoms. The molecule has 0 radical (unpaired) electrons. The minimum absolute atomic E-state index is 0.00404. The minimum Gasteiger partial charge on any atom is -0.463 e. The number of amides is 3. The van der Waals surface area contributed by atoms with Gasteiger partial charge in [0.2, 0.25) is 0 Å². The molecule has 0 aromatic heterocycles. The van der Waals surface area contributed by atoms with E-state index in [4.69, 9.17) is 16.3 Å². The van der Waals surface area contributed by atoms with E-state index in [9.17, 15) is 14.4 Å². The van der Waals surface area contributed by atoms with Crippen molar-refractivity contribution in [2.45, 2.75) is 25.9 Å². The summed E-state index contributed by atoms with van der Waals surface area (Å²) in [6, 6.07) is 15.3. The van der Waals surface area contributed by atoms with Gasteiger partial charge in [-0.25, -0.2) is 9.59 Å². The Morgan fingerprint density at radius 3 is 2.53 bits per heavy atom. The smallest absolute Gasteiger partial charge is 0.338 e. The second-order valence-electron chi connectivity index (χ2n) is 9.03. The highest BCUT2D eigenvalue weighted by atomic mass is 35.5. The van der Waals surface area contributed by atoms with E-state index in [0.717, 1.165) is 0 Å². The third kappa shape index (κ3) is 5.39. The van der Waals surface area contributed by atoms with Crippen LogP contribution in [0.2, 0.25) is 5.02 Å². The number of piperazine rings is 1. The molecule has 0 saturated carbocycles. The molecule has 2 unspecified atom stereocenters. The van der Waals surface area contributed by atoms with Gasteiger partial charge in [-0.3, -0.25) is 14.6 Å². The molecule has 9 heteroatoms. The van der Waals surface area contributed by atoms with Crippen molar-refractivity contribution in [2.75, 3.05) is 39.8 Å². The number of esters is 1. The number of hydrogen-bond acceptors (Lipinski definition) is 5. The molecule has 1 N–H and O–H groups in total. The van der Waals surface area contributed by atoms with Gasteiger partial charge >= 0.3 is 12.0 Å². The molecule has 1 fully saturated rings. The van der Waals surface area contributed by atoms with Crippen LogP contribution in [0.1, 0.15) is 35.8 Å². The van der Waals surface area contributed by atoms with E-state index in [1.165, 1.54) is 4.90 Å². The molecule has 2 heterocycles. The number of halogens is 1.